The van der Waals surface area contributed by atoms with Crippen LogP contribution in [0.3, 0.4) is 0 Å². The van der Waals surface area contributed by atoms with E-state index < -0.39 is 0 Å². The second-order valence-electron chi connectivity index (χ2n) is 6.40. The first kappa shape index (κ1) is 20.8. The van der Waals surface area contributed by atoms with Crippen LogP contribution in [0.2, 0.25) is 0 Å². The zero-order chi connectivity index (χ0) is 21.1. The number of ether oxygens (including phenoxy) is 1. The van der Waals surface area contributed by atoms with Gasteiger partial charge < -0.3 is 4.74 Å². The number of halogens is 2. The quantitative estimate of drug-likeness (QED) is 0.272. The molecule has 30 heavy (non-hydrogen) atoms. The largest absolute Gasteiger partial charge is 0.495 e. The fourth-order valence-corrected chi connectivity index (χ4v) is 5.27. The van der Waals surface area contributed by atoms with E-state index in [4.69, 9.17) is 4.74 Å². The van der Waals surface area contributed by atoms with Gasteiger partial charge in [-0.05, 0) is 44.9 Å². The lowest BCUT2D eigenvalue weighted by molar-refractivity contribution is -0.111. The molecule has 0 atom stereocenters. The molecule has 1 heterocycles. The number of carbonyl (C=O) groups is 1. The highest BCUT2D eigenvalue weighted by atomic mass is 79.9. The maximum absolute atomic E-state index is 12.4. The lowest BCUT2D eigenvalue weighted by atomic mass is 10.0. The molecule has 150 valence electrons. The molecular weight excluding hydrogens is 528 g/mol. The van der Waals surface area contributed by atoms with E-state index >= 15 is 0 Å². The molecule has 0 radical (unpaired) electrons. The van der Waals surface area contributed by atoms with Crippen LogP contribution in [0.15, 0.2) is 75.0 Å². The topological polar surface area (TPSA) is 51.2 Å². The van der Waals surface area contributed by atoms with Crippen molar-refractivity contribution in [1.82, 2.24) is 4.98 Å². The molecule has 0 bridgehead atoms. The maximum atomic E-state index is 12.4. The zero-order valence-electron chi connectivity index (χ0n) is 15.9. The second kappa shape index (κ2) is 9.12. The first-order valence-electron chi connectivity index (χ1n) is 9.01. The molecule has 1 N–H and O–H groups in total. The number of anilines is 1. The SMILES string of the molecule is COc1c(Br)cc(Br)cc1/C=C/C(=O)Nc1nc(-c2cccc3ccccc23)cs1. The van der Waals surface area contributed by atoms with Crippen molar-refractivity contribution < 1.29 is 9.53 Å². The van der Waals surface area contributed by atoms with Crippen molar-refractivity contribution in [3.63, 3.8) is 0 Å². The van der Waals surface area contributed by atoms with Crippen LogP contribution >= 0.6 is 43.2 Å². The molecule has 0 unspecified atom stereocenters. The third-order valence-electron chi connectivity index (χ3n) is 4.46. The predicted octanol–water partition coefficient (Wildman–Crippen LogP) is 7.15. The van der Waals surface area contributed by atoms with E-state index in [1.54, 1.807) is 13.2 Å². The van der Waals surface area contributed by atoms with E-state index in [2.05, 4.69) is 60.4 Å². The Morgan fingerprint density at radius 1 is 1.13 bits per heavy atom. The summed E-state index contributed by atoms with van der Waals surface area (Å²) in [6, 6.07) is 18.1. The number of nitrogens with one attached hydrogen (secondary N) is 1. The minimum atomic E-state index is -0.257. The third kappa shape index (κ3) is 4.48. The van der Waals surface area contributed by atoms with Gasteiger partial charge in [0.1, 0.15) is 5.75 Å². The van der Waals surface area contributed by atoms with Crippen LogP contribution in [-0.2, 0) is 4.79 Å². The Bertz CT molecular complexity index is 1260. The van der Waals surface area contributed by atoms with Gasteiger partial charge in [0, 0.05) is 27.1 Å². The van der Waals surface area contributed by atoms with Crippen LogP contribution < -0.4 is 10.1 Å². The molecule has 4 nitrogen and oxygen atoms in total. The van der Waals surface area contributed by atoms with Gasteiger partial charge in [-0.25, -0.2) is 4.98 Å². The van der Waals surface area contributed by atoms with E-state index in [1.807, 2.05) is 41.8 Å². The molecule has 0 aliphatic heterocycles. The highest BCUT2D eigenvalue weighted by Gasteiger charge is 2.10. The van der Waals surface area contributed by atoms with Gasteiger partial charge in [0.25, 0.3) is 0 Å². The molecular formula is C23H16Br2N2O2S. The molecule has 1 amide bonds. The number of carbonyl (C=O) groups excluding carboxylic acids is 1. The Morgan fingerprint density at radius 3 is 2.77 bits per heavy atom. The molecule has 0 fully saturated rings. The van der Waals surface area contributed by atoms with Crippen molar-refractivity contribution in [3.8, 4) is 17.0 Å². The lowest BCUT2D eigenvalue weighted by Gasteiger charge is -2.08. The number of methoxy groups -OCH3 is 1. The van der Waals surface area contributed by atoms with E-state index in [0.717, 1.165) is 36.5 Å². The third-order valence-corrected chi connectivity index (χ3v) is 6.26. The van der Waals surface area contributed by atoms with E-state index in [9.17, 15) is 4.79 Å². The van der Waals surface area contributed by atoms with Gasteiger partial charge in [0.05, 0.1) is 17.3 Å². The van der Waals surface area contributed by atoms with Crippen LogP contribution in [0, 0.1) is 0 Å². The monoisotopic (exact) mass is 542 g/mol. The standard InChI is InChI=1S/C23H16Br2N2O2S/c1-29-22-15(11-16(24)12-19(22)25)9-10-21(28)27-23-26-20(13-30-23)18-8-4-6-14-5-2-3-7-17(14)18/h2-13H,1H3,(H,26,27,28)/b10-9+. The Hall–Kier alpha value is -2.48. The van der Waals surface area contributed by atoms with E-state index in [-0.39, 0.29) is 5.91 Å². The summed E-state index contributed by atoms with van der Waals surface area (Å²) in [4.78, 5) is 17.0. The van der Waals surface area contributed by atoms with Crippen molar-refractivity contribution in [2.75, 3.05) is 12.4 Å². The van der Waals surface area contributed by atoms with E-state index in [1.165, 1.54) is 17.4 Å². The number of nitrogens with zero attached hydrogens (tertiary/aromatic N) is 1. The molecule has 0 aliphatic rings. The van der Waals surface area contributed by atoms with Gasteiger partial charge in [-0.2, -0.15) is 0 Å². The van der Waals surface area contributed by atoms with Crippen LogP contribution in [0.25, 0.3) is 28.1 Å². The smallest absolute Gasteiger partial charge is 0.250 e. The van der Waals surface area contributed by atoms with Crippen LogP contribution in [-0.4, -0.2) is 18.0 Å². The first-order valence-corrected chi connectivity index (χ1v) is 11.5. The lowest BCUT2D eigenvalue weighted by Crippen LogP contribution is -2.07. The molecule has 1 aromatic heterocycles. The number of thiazole rings is 1. The predicted molar refractivity (Wildman–Crippen MR) is 131 cm³/mol. The summed E-state index contributed by atoms with van der Waals surface area (Å²) in [6.45, 7) is 0. The molecule has 4 rings (SSSR count). The summed E-state index contributed by atoms with van der Waals surface area (Å²) in [5.74, 6) is 0.404. The van der Waals surface area contributed by atoms with Crippen molar-refractivity contribution in [3.05, 3.63) is 80.6 Å². The van der Waals surface area contributed by atoms with Crippen LogP contribution in [0.4, 0.5) is 5.13 Å². The summed E-state index contributed by atoms with van der Waals surface area (Å²) in [5.41, 5.74) is 2.67. The summed E-state index contributed by atoms with van der Waals surface area (Å²) >= 11 is 8.31. The number of benzene rings is 3. The minimum Gasteiger partial charge on any atom is -0.495 e. The molecule has 3 aromatic carbocycles. The molecule has 0 saturated carbocycles. The highest BCUT2D eigenvalue weighted by molar-refractivity contribution is 9.11. The van der Waals surface area contributed by atoms with Crippen molar-refractivity contribution in [1.29, 1.82) is 0 Å². The molecule has 0 spiro atoms. The number of hydrogen-bond donors (Lipinski definition) is 1. The van der Waals surface area contributed by atoms with Crippen molar-refractivity contribution in [2.45, 2.75) is 0 Å². The second-order valence-corrected chi connectivity index (χ2v) is 9.03. The molecule has 0 aliphatic carbocycles. The maximum Gasteiger partial charge on any atom is 0.250 e. The van der Waals surface area contributed by atoms with Gasteiger partial charge in [-0.1, -0.05) is 58.4 Å². The number of aromatic nitrogens is 1. The fraction of sp³-hybridized carbons (Fsp3) is 0.0435. The van der Waals surface area contributed by atoms with Crippen molar-refractivity contribution in [2.24, 2.45) is 0 Å². The Morgan fingerprint density at radius 2 is 1.93 bits per heavy atom. The van der Waals surface area contributed by atoms with Gasteiger partial charge in [0.15, 0.2) is 5.13 Å². The van der Waals surface area contributed by atoms with Crippen LogP contribution in [0.5, 0.6) is 5.75 Å². The van der Waals surface area contributed by atoms with Gasteiger partial charge in [0.2, 0.25) is 5.91 Å². The average Bonchev–Trinajstić information content (AvgIpc) is 3.19. The van der Waals surface area contributed by atoms with Crippen molar-refractivity contribution >= 4 is 71.1 Å². The molecule has 0 saturated heterocycles. The van der Waals surface area contributed by atoms with E-state index in [0.29, 0.717) is 10.9 Å². The summed E-state index contributed by atoms with van der Waals surface area (Å²) in [7, 11) is 1.59. The Labute approximate surface area is 194 Å². The number of fused-ring (bicyclic) bond motifs is 1. The highest BCUT2D eigenvalue weighted by Crippen LogP contribution is 2.34. The van der Waals surface area contributed by atoms with Crippen LogP contribution in [0.1, 0.15) is 5.56 Å². The Kier molecular flexibility index (Phi) is 6.32. The normalized spacial score (nSPS) is 11.2. The van der Waals surface area contributed by atoms with Gasteiger partial charge in [-0.15, -0.1) is 11.3 Å². The summed E-state index contributed by atoms with van der Waals surface area (Å²) in [5, 5.41) is 7.63. The van der Waals surface area contributed by atoms with Gasteiger partial charge >= 0.3 is 0 Å². The molecule has 7 heteroatoms. The first-order chi connectivity index (χ1) is 14.5. The average molecular weight is 544 g/mol. The summed E-state index contributed by atoms with van der Waals surface area (Å²) < 4.78 is 7.10. The fourth-order valence-electron chi connectivity index (χ4n) is 3.14. The Balaban J connectivity index is 1.53. The number of rotatable bonds is 5. The minimum absolute atomic E-state index is 0.257. The number of hydrogen-bond acceptors (Lipinski definition) is 4. The summed E-state index contributed by atoms with van der Waals surface area (Å²) in [6.07, 6.45) is 3.18. The number of amides is 1. The van der Waals surface area contributed by atoms with Gasteiger partial charge in [-0.3, -0.25) is 10.1 Å². The molecule has 4 aromatic rings. The zero-order valence-corrected chi connectivity index (χ0v) is 19.8.